The summed E-state index contributed by atoms with van der Waals surface area (Å²) in [4.78, 5) is 2.53. The van der Waals surface area contributed by atoms with E-state index >= 15 is 0 Å². The van der Waals surface area contributed by atoms with Gasteiger partial charge in [-0.25, -0.2) is 4.39 Å². The maximum Gasteiger partial charge on any atom is 0.123 e. The van der Waals surface area contributed by atoms with Gasteiger partial charge in [0.25, 0.3) is 0 Å². The summed E-state index contributed by atoms with van der Waals surface area (Å²) in [6, 6.07) is 24.8. The number of hydrogen-bond acceptors (Lipinski definition) is 4. The number of benzene rings is 3. The maximum absolute atomic E-state index is 13.1. The van der Waals surface area contributed by atoms with Gasteiger partial charge >= 0.3 is 0 Å². The van der Waals surface area contributed by atoms with Crippen molar-refractivity contribution in [3.8, 4) is 11.5 Å². The molecule has 1 unspecified atom stereocenters. The van der Waals surface area contributed by atoms with Gasteiger partial charge in [0, 0.05) is 26.7 Å². The fourth-order valence-electron chi connectivity index (χ4n) is 5.36. The van der Waals surface area contributed by atoms with Crippen LogP contribution in [0.4, 0.5) is 4.39 Å². The molecule has 3 aromatic rings. The third-order valence-corrected chi connectivity index (χ3v) is 7.11. The third-order valence-electron chi connectivity index (χ3n) is 7.11. The monoisotopic (exact) mass is 461 g/mol. The molecule has 0 bridgehead atoms. The van der Waals surface area contributed by atoms with E-state index in [0.29, 0.717) is 18.4 Å². The second kappa shape index (κ2) is 10.6. The number of fused-ring (bicyclic) bond motifs is 1. The number of rotatable bonds is 9. The van der Waals surface area contributed by atoms with Crippen LogP contribution in [0.3, 0.4) is 0 Å². The second-order valence-electron chi connectivity index (χ2n) is 9.47. The molecule has 1 saturated carbocycles. The van der Waals surface area contributed by atoms with E-state index in [2.05, 4.69) is 29.2 Å². The molecule has 1 heterocycles. The Morgan fingerprint density at radius 2 is 1.50 bits per heavy atom. The summed E-state index contributed by atoms with van der Waals surface area (Å²) in [5, 5.41) is 0. The lowest BCUT2D eigenvalue weighted by Gasteiger charge is -2.25. The molecule has 0 spiro atoms. The number of hydrogen-bond donors (Lipinski definition) is 0. The first kappa shape index (κ1) is 22.9. The van der Waals surface area contributed by atoms with E-state index in [1.165, 1.54) is 17.7 Å². The van der Waals surface area contributed by atoms with E-state index in [1.807, 2.05) is 30.3 Å². The molecule has 0 radical (unpaired) electrons. The standard InChI is InChI=1S/C29H32FNO3/c1-32-29(22-7-11-26(12-8-22)33-20-21-5-3-2-4-6-21)19-31-17-23-15-28(16-24(23)18-31)34-27-13-9-25(30)10-14-27/h2-14,23-24,28-29H,15-20H2,1H3/t23-,24+,28-,29?. The summed E-state index contributed by atoms with van der Waals surface area (Å²) in [7, 11) is 1.79. The van der Waals surface area contributed by atoms with Crippen molar-refractivity contribution in [2.45, 2.75) is 31.7 Å². The second-order valence-corrected chi connectivity index (χ2v) is 9.47. The fraction of sp³-hybridized carbons (Fsp3) is 0.379. The van der Waals surface area contributed by atoms with Crippen LogP contribution in [0.1, 0.15) is 30.1 Å². The predicted molar refractivity (Wildman–Crippen MR) is 130 cm³/mol. The Balaban J connectivity index is 1.10. The van der Waals surface area contributed by atoms with E-state index in [4.69, 9.17) is 14.2 Å². The van der Waals surface area contributed by atoms with Crippen molar-refractivity contribution in [2.24, 2.45) is 11.8 Å². The molecule has 178 valence electrons. The van der Waals surface area contributed by atoms with Crippen molar-refractivity contribution >= 4 is 0 Å². The van der Waals surface area contributed by atoms with Crippen LogP contribution in [0.15, 0.2) is 78.9 Å². The van der Waals surface area contributed by atoms with Crippen molar-refractivity contribution in [1.82, 2.24) is 4.90 Å². The lowest BCUT2D eigenvalue weighted by atomic mass is 10.0. The Labute approximate surface area is 201 Å². The fourth-order valence-corrected chi connectivity index (χ4v) is 5.36. The van der Waals surface area contributed by atoms with E-state index in [9.17, 15) is 4.39 Å². The topological polar surface area (TPSA) is 30.9 Å². The van der Waals surface area contributed by atoms with Gasteiger partial charge in [0.1, 0.15) is 23.9 Å². The zero-order valence-electron chi connectivity index (χ0n) is 19.6. The van der Waals surface area contributed by atoms with Crippen LogP contribution >= 0.6 is 0 Å². The smallest absolute Gasteiger partial charge is 0.123 e. The van der Waals surface area contributed by atoms with E-state index < -0.39 is 0 Å². The first-order valence-electron chi connectivity index (χ1n) is 12.1. The lowest BCUT2D eigenvalue weighted by Crippen LogP contribution is -2.29. The molecule has 34 heavy (non-hydrogen) atoms. The van der Waals surface area contributed by atoms with Crippen LogP contribution in [-0.2, 0) is 11.3 Å². The largest absolute Gasteiger partial charge is 0.490 e. The molecular weight excluding hydrogens is 429 g/mol. The van der Waals surface area contributed by atoms with Crippen molar-refractivity contribution < 1.29 is 18.6 Å². The molecule has 3 aromatic carbocycles. The highest BCUT2D eigenvalue weighted by molar-refractivity contribution is 5.29. The van der Waals surface area contributed by atoms with Gasteiger partial charge in [-0.3, -0.25) is 4.90 Å². The molecular formula is C29H32FNO3. The molecule has 0 N–H and O–H groups in total. The average Bonchev–Trinajstić information content (AvgIpc) is 3.42. The van der Waals surface area contributed by atoms with Crippen LogP contribution in [0.5, 0.6) is 11.5 Å². The molecule has 0 aromatic heterocycles. The number of ether oxygens (including phenoxy) is 3. The molecule has 1 aliphatic carbocycles. The number of likely N-dealkylation sites (tertiary alicyclic amines) is 1. The van der Waals surface area contributed by atoms with Gasteiger partial charge < -0.3 is 14.2 Å². The summed E-state index contributed by atoms with van der Waals surface area (Å²) < 4.78 is 31.0. The average molecular weight is 462 g/mol. The van der Waals surface area contributed by atoms with Crippen LogP contribution < -0.4 is 9.47 Å². The molecule has 5 heteroatoms. The molecule has 4 atom stereocenters. The van der Waals surface area contributed by atoms with Gasteiger partial charge in [0.15, 0.2) is 0 Å². The Morgan fingerprint density at radius 3 is 2.15 bits per heavy atom. The van der Waals surface area contributed by atoms with Crippen molar-refractivity contribution in [1.29, 1.82) is 0 Å². The van der Waals surface area contributed by atoms with E-state index in [0.717, 1.165) is 49.5 Å². The van der Waals surface area contributed by atoms with Crippen molar-refractivity contribution in [2.75, 3.05) is 26.7 Å². The highest BCUT2D eigenvalue weighted by Gasteiger charge is 2.42. The first-order chi connectivity index (χ1) is 16.7. The highest BCUT2D eigenvalue weighted by atomic mass is 19.1. The van der Waals surface area contributed by atoms with Crippen molar-refractivity contribution in [3.63, 3.8) is 0 Å². The molecule has 1 aliphatic heterocycles. The molecule has 1 saturated heterocycles. The zero-order chi connectivity index (χ0) is 23.3. The first-order valence-corrected chi connectivity index (χ1v) is 12.1. The number of methoxy groups -OCH3 is 1. The van der Waals surface area contributed by atoms with E-state index in [-0.39, 0.29) is 18.0 Å². The minimum atomic E-state index is -0.228. The van der Waals surface area contributed by atoms with E-state index in [1.54, 1.807) is 19.2 Å². The van der Waals surface area contributed by atoms with Gasteiger partial charge in [-0.2, -0.15) is 0 Å². The van der Waals surface area contributed by atoms with Crippen LogP contribution in [-0.4, -0.2) is 37.7 Å². The molecule has 2 aliphatic rings. The molecule has 0 amide bonds. The zero-order valence-corrected chi connectivity index (χ0v) is 19.6. The Morgan fingerprint density at radius 1 is 0.853 bits per heavy atom. The minimum Gasteiger partial charge on any atom is -0.490 e. The Bertz CT molecular complexity index is 1030. The van der Waals surface area contributed by atoms with Gasteiger partial charge in [-0.15, -0.1) is 0 Å². The summed E-state index contributed by atoms with van der Waals surface area (Å²) >= 11 is 0. The minimum absolute atomic E-state index is 0.0354. The highest BCUT2D eigenvalue weighted by Crippen LogP contribution is 2.40. The summed E-state index contributed by atoms with van der Waals surface area (Å²) in [6.45, 7) is 3.60. The number of halogens is 1. The molecule has 2 fully saturated rings. The lowest BCUT2D eigenvalue weighted by molar-refractivity contribution is 0.0667. The van der Waals surface area contributed by atoms with Crippen LogP contribution in [0, 0.1) is 17.7 Å². The SMILES string of the molecule is COC(CN1C[C@H]2C[C@@H](Oc3ccc(F)cc3)C[C@H]2C1)c1ccc(OCc2ccccc2)cc1. The maximum atomic E-state index is 13.1. The summed E-state index contributed by atoms with van der Waals surface area (Å²) in [6.07, 6.45) is 2.38. The normalized spacial score (nSPS) is 22.9. The summed E-state index contributed by atoms with van der Waals surface area (Å²) in [5.74, 6) is 2.70. The quantitative estimate of drug-likeness (QED) is 0.398. The number of nitrogens with zero attached hydrogens (tertiary/aromatic N) is 1. The molecule has 5 rings (SSSR count). The van der Waals surface area contributed by atoms with Gasteiger partial charge in [-0.1, -0.05) is 42.5 Å². The van der Waals surface area contributed by atoms with Crippen LogP contribution in [0.2, 0.25) is 0 Å². The third kappa shape index (κ3) is 5.60. The predicted octanol–water partition coefficient (Wildman–Crippen LogP) is 5.88. The Kier molecular flexibility index (Phi) is 7.12. The Hall–Kier alpha value is -2.89. The molecule has 4 nitrogen and oxygen atoms in total. The van der Waals surface area contributed by atoms with Crippen molar-refractivity contribution in [3.05, 3.63) is 95.8 Å². The van der Waals surface area contributed by atoms with Crippen LogP contribution in [0.25, 0.3) is 0 Å². The van der Waals surface area contributed by atoms with Gasteiger partial charge in [0.2, 0.25) is 0 Å². The summed E-state index contributed by atoms with van der Waals surface area (Å²) in [5.41, 5.74) is 2.33. The van der Waals surface area contributed by atoms with Gasteiger partial charge in [-0.05, 0) is 72.2 Å². The van der Waals surface area contributed by atoms with Gasteiger partial charge in [0.05, 0.1) is 12.2 Å².